The molecule has 0 aliphatic heterocycles. The second-order valence-electron chi connectivity index (χ2n) is 4.66. The summed E-state index contributed by atoms with van der Waals surface area (Å²) >= 11 is 0. The van der Waals surface area contributed by atoms with Crippen molar-refractivity contribution < 1.29 is 24.1 Å². The third kappa shape index (κ3) is 8.15. The van der Waals surface area contributed by atoms with E-state index in [-0.39, 0.29) is 6.10 Å². The molecular formula is C13H27NO5. The maximum Gasteiger partial charge on any atom is 0.323 e. The molecule has 2 unspecified atom stereocenters. The standard InChI is InChI=1S/C13H27NO5/c1-5-14-13(3,12(15)16)10-11(2)19-9-8-18-7-6-17-4/h11,14H,5-10H2,1-4H3,(H,15,16). The Labute approximate surface area is 115 Å². The molecule has 0 aliphatic rings. The highest BCUT2D eigenvalue weighted by molar-refractivity contribution is 5.78. The molecule has 0 spiro atoms. The number of aliphatic carboxylic acids is 1. The van der Waals surface area contributed by atoms with Gasteiger partial charge in [-0.15, -0.1) is 0 Å². The SMILES string of the molecule is CCNC(C)(CC(C)OCCOCCOC)C(=O)O. The summed E-state index contributed by atoms with van der Waals surface area (Å²) in [6, 6.07) is 0. The fourth-order valence-electron chi connectivity index (χ4n) is 1.81. The second-order valence-corrected chi connectivity index (χ2v) is 4.66. The lowest BCUT2D eigenvalue weighted by Crippen LogP contribution is -2.51. The van der Waals surface area contributed by atoms with Gasteiger partial charge in [-0.1, -0.05) is 6.92 Å². The van der Waals surface area contributed by atoms with Crippen LogP contribution in [0.3, 0.4) is 0 Å². The van der Waals surface area contributed by atoms with E-state index < -0.39 is 11.5 Å². The van der Waals surface area contributed by atoms with Crippen LogP contribution in [0.15, 0.2) is 0 Å². The predicted molar refractivity (Wildman–Crippen MR) is 72.4 cm³/mol. The van der Waals surface area contributed by atoms with Gasteiger partial charge in [0.1, 0.15) is 5.54 Å². The molecule has 114 valence electrons. The summed E-state index contributed by atoms with van der Waals surface area (Å²) in [6.45, 7) is 8.07. The number of carbonyl (C=O) groups is 1. The Balaban J connectivity index is 3.87. The molecule has 0 bridgehead atoms. The van der Waals surface area contributed by atoms with Crippen molar-refractivity contribution in [1.82, 2.24) is 5.32 Å². The van der Waals surface area contributed by atoms with Crippen molar-refractivity contribution in [3.8, 4) is 0 Å². The van der Waals surface area contributed by atoms with Crippen LogP contribution in [0.25, 0.3) is 0 Å². The van der Waals surface area contributed by atoms with Crippen molar-refractivity contribution >= 4 is 5.97 Å². The molecule has 19 heavy (non-hydrogen) atoms. The molecule has 0 fully saturated rings. The highest BCUT2D eigenvalue weighted by Gasteiger charge is 2.33. The van der Waals surface area contributed by atoms with Gasteiger partial charge < -0.3 is 24.6 Å². The largest absolute Gasteiger partial charge is 0.480 e. The summed E-state index contributed by atoms with van der Waals surface area (Å²) in [4.78, 5) is 11.2. The molecule has 0 aliphatic carbocycles. The fourth-order valence-corrected chi connectivity index (χ4v) is 1.81. The first-order valence-electron chi connectivity index (χ1n) is 6.63. The van der Waals surface area contributed by atoms with Crippen LogP contribution in [0.5, 0.6) is 0 Å². The minimum atomic E-state index is -0.953. The van der Waals surface area contributed by atoms with Gasteiger partial charge >= 0.3 is 5.97 Å². The van der Waals surface area contributed by atoms with Crippen molar-refractivity contribution in [3.63, 3.8) is 0 Å². The first-order valence-corrected chi connectivity index (χ1v) is 6.63. The number of ether oxygens (including phenoxy) is 3. The van der Waals surface area contributed by atoms with E-state index in [9.17, 15) is 9.90 Å². The Morgan fingerprint density at radius 1 is 1.32 bits per heavy atom. The van der Waals surface area contributed by atoms with Gasteiger partial charge in [-0.2, -0.15) is 0 Å². The average molecular weight is 277 g/mol. The molecule has 0 rings (SSSR count). The second kappa shape index (κ2) is 10.1. The number of nitrogens with one attached hydrogen (secondary N) is 1. The summed E-state index contributed by atoms with van der Waals surface area (Å²) in [5, 5.41) is 12.2. The smallest absolute Gasteiger partial charge is 0.323 e. The summed E-state index contributed by atoms with van der Waals surface area (Å²) in [5.41, 5.74) is -0.953. The van der Waals surface area contributed by atoms with E-state index in [0.717, 1.165) is 0 Å². The highest BCUT2D eigenvalue weighted by atomic mass is 16.5. The van der Waals surface area contributed by atoms with Gasteiger partial charge in [0.25, 0.3) is 0 Å². The molecule has 0 amide bonds. The van der Waals surface area contributed by atoms with Crippen LogP contribution in [0, 0.1) is 0 Å². The van der Waals surface area contributed by atoms with E-state index in [2.05, 4.69) is 5.32 Å². The van der Waals surface area contributed by atoms with Crippen molar-refractivity contribution in [2.75, 3.05) is 40.1 Å². The summed E-state index contributed by atoms with van der Waals surface area (Å²) in [6.07, 6.45) is 0.264. The van der Waals surface area contributed by atoms with Crippen LogP contribution >= 0.6 is 0 Å². The van der Waals surface area contributed by atoms with Gasteiger partial charge in [-0.3, -0.25) is 4.79 Å². The lowest BCUT2D eigenvalue weighted by atomic mass is 9.95. The van der Waals surface area contributed by atoms with Crippen LogP contribution in [0.2, 0.25) is 0 Å². The normalized spacial score (nSPS) is 16.0. The summed E-state index contributed by atoms with van der Waals surface area (Å²) in [7, 11) is 1.62. The molecule has 6 heteroatoms. The molecule has 0 aromatic carbocycles. The first-order chi connectivity index (χ1) is 8.96. The van der Waals surface area contributed by atoms with Crippen LogP contribution in [-0.4, -0.2) is 62.8 Å². The summed E-state index contributed by atoms with van der Waals surface area (Å²) in [5.74, 6) is -0.860. The maximum absolute atomic E-state index is 11.2. The van der Waals surface area contributed by atoms with Gasteiger partial charge in [-0.25, -0.2) is 0 Å². The van der Waals surface area contributed by atoms with Crippen LogP contribution in [-0.2, 0) is 19.0 Å². The van der Waals surface area contributed by atoms with E-state index in [0.29, 0.717) is 39.4 Å². The molecule has 0 saturated carbocycles. The lowest BCUT2D eigenvalue weighted by Gasteiger charge is -2.28. The van der Waals surface area contributed by atoms with Crippen LogP contribution in [0.4, 0.5) is 0 Å². The Bertz CT molecular complexity index is 249. The number of carboxylic acids is 1. The van der Waals surface area contributed by atoms with Crippen molar-refractivity contribution in [2.45, 2.75) is 38.8 Å². The third-order valence-corrected chi connectivity index (χ3v) is 2.80. The van der Waals surface area contributed by atoms with Crippen LogP contribution < -0.4 is 5.32 Å². The van der Waals surface area contributed by atoms with E-state index in [1.807, 2.05) is 13.8 Å². The van der Waals surface area contributed by atoms with Gasteiger partial charge in [0.2, 0.25) is 0 Å². The molecule has 6 nitrogen and oxygen atoms in total. The molecule has 0 aromatic rings. The summed E-state index contributed by atoms with van der Waals surface area (Å²) < 4.78 is 15.7. The zero-order valence-corrected chi connectivity index (χ0v) is 12.4. The quantitative estimate of drug-likeness (QED) is 0.516. The molecule has 2 N–H and O–H groups in total. The number of rotatable bonds is 12. The monoisotopic (exact) mass is 277 g/mol. The van der Waals surface area contributed by atoms with Crippen molar-refractivity contribution in [3.05, 3.63) is 0 Å². The predicted octanol–water partition coefficient (Wildman–Crippen LogP) is 0.897. The number of likely N-dealkylation sites (N-methyl/N-ethyl adjacent to an activating group) is 1. The molecular weight excluding hydrogens is 250 g/mol. The zero-order valence-electron chi connectivity index (χ0n) is 12.4. The average Bonchev–Trinajstić information content (AvgIpc) is 2.33. The molecule has 0 radical (unpaired) electrons. The van der Waals surface area contributed by atoms with Crippen molar-refractivity contribution in [2.24, 2.45) is 0 Å². The lowest BCUT2D eigenvalue weighted by molar-refractivity contribution is -0.146. The van der Waals surface area contributed by atoms with Gasteiger partial charge in [0.15, 0.2) is 0 Å². The van der Waals surface area contributed by atoms with Gasteiger partial charge in [-0.05, 0) is 20.4 Å². The Morgan fingerprint density at radius 3 is 2.47 bits per heavy atom. The van der Waals surface area contributed by atoms with Crippen molar-refractivity contribution in [1.29, 1.82) is 0 Å². The Morgan fingerprint density at radius 2 is 1.95 bits per heavy atom. The maximum atomic E-state index is 11.2. The molecule has 0 heterocycles. The Kier molecular flexibility index (Phi) is 9.77. The third-order valence-electron chi connectivity index (χ3n) is 2.80. The van der Waals surface area contributed by atoms with Gasteiger partial charge in [0.05, 0.1) is 32.5 Å². The van der Waals surface area contributed by atoms with E-state index in [1.165, 1.54) is 0 Å². The number of hydrogen-bond acceptors (Lipinski definition) is 5. The van der Waals surface area contributed by atoms with Crippen LogP contribution in [0.1, 0.15) is 27.2 Å². The zero-order chi connectivity index (χ0) is 14.7. The number of carboxylic acid groups (broad SMARTS) is 1. The topological polar surface area (TPSA) is 77.0 Å². The molecule has 0 saturated heterocycles. The number of hydrogen-bond donors (Lipinski definition) is 2. The van der Waals surface area contributed by atoms with E-state index >= 15 is 0 Å². The minimum Gasteiger partial charge on any atom is -0.480 e. The first kappa shape index (κ1) is 18.3. The molecule has 0 aromatic heterocycles. The Hall–Kier alpha value is -0.690. The van der Waals surface area contributed by atoms with E-state index in [1.54, 1.807) is 14.0 Å². The fraction of sp³-hybridized carbons (Fsp3) is 0.923. The number of methoxy groups -OCH3 is 1. The highest BCUT2D eigenvalue weighted by Crippen LogP contribution is 2.15. The van der Waals surface area contributed by atoms with Gasteiger partial charge in [0, 0.05) is 13.5 Å². The van der Waals surface area contributed by atoms with E-state index in [4.69, 9.17) is 14.2 Å². The minimum absolute atomic E-state index is 0.147. The molecule has 2 atom stereocenters.